The Morgan fingerprint density at radius 3 is 2.37 bits per heavy atom. The van der Waals surface area contributed by atoms with Crippen molar-refractivity contribution in [3.63, 3.8) is 0 Å². The number of hydrogen-bond donors (Lipinski definition) is 2. The van der Waals surface area contributed by atoms with Crippen molar-refractivity contribution in [2.24, 2.45) is 11.1 Å². The molecule has 3 N–H and O–H groups in total. The molecule has 0 spiro atoms. The second-order valence-electron chi connectivity index (χ2n) is 5.43. The average Bonchev–Trinajstić information content (AvgIpc) is 2.38. The van der Waals surface area contributed by atoms with E-state index in [2.05, 4.69) is 5.32 Å². The molecule has 1 saturated carbocycles. The molecule has 0 radical (unpaired) electrons. The van der Waals surface area contributed by atoms with Gasteiger partial charge in [0, 0.05) is 12.6 Å². The first kappa shape index (κ1) is 14.0. The molecule has 4 heteroatoms. The Bertz CT molecular complexity index is 437. The number of anilines is 1. The predicted octanol–water partition coefficient (Wildman–Crippen LogP) is 2.55. The van der Waals surface area contributed by atoms with E-state index in [1.165, 1.54) is 19.3 Å². The molecule has 1 aliphatic carbocycles. The van der Waals surface area contributed by atoms with Gasteiger partial charge in [-0.1, -0.05) is 6.42 Å². The van der Waals surface area contributed by atoms with Crippen LogP contribution in [0, 0.1) is 12.3 Å². The average molecular weight is 264 g/mol. The predicted molar refractivity (Wildman–Crippen MR) is 78.1 cm³/mol. The van der Waals surface area contributed by atoms with Crippen molar-refractivity contribution in [2.45, 2.75) is 26.2 Å². The minimum Gasteiger partial charge on any atom is -0.496 e. The molecule has 1 aromatic carbocycles. The Morgan fingerprint density at radius 1 is 1.21 bits per heavy atom. The molecular weight excluding hydrogens is 240 g/mol. The van der Waals surface area contributed by atoms with Gasteiger partial charge in [-0.25, -0.2) is 0 Å². The zero-order valence-electron chi connectivity index (χ0n) is 12.1. The number of benzene rings is 1. The highest BCUT2D eigenvalue weighted by molar-refractivity contribution is 5.62. The second kappa shape index (κ2) is 5.70. The summed E-state index contributed by atoms with van der Waals surface area (Å²) < 4.78 is 10.8. The summed E-state index contributed by atoms with van der Waals surface area (Å²) in [6, 6.07) is 3.99. The number of hydrogen-bond acceptors (Lipinski definition) is 4. The summed E-state index contributed by atoms with van der Waals surface area (Å²) in [5.74, 6) is 1.73. The third-order valence-corrected chi connectivity index (χ3v) is 4.22. The molecule has 106 valence electrons. The first-order chi connectivity index (χ1) is 9.14. The molecule has 1 aliphatic rings. The van der Waals surface area contributed by atoms with Gasteiger partial charge in [0.15, 0.2) is 0 Å². The van der Waals surface area contributed by atoms with E-state index in [0.717, 1.165) is 35.8 Å². The molecular formula is C15H24N2O2. The quantitative estimate of drug-likeness (QED) is 0.829. The zero-order chi connectivity index (χ0) is 13.9. The lowest BCUT2D eigenvalue weighted by atomic mass is 9.69. The standard InChI is InChI=1S/C15H24N2O2/c1-11-7-14(19-3)12(8-13(11)18-2)17-10-15(9-16)5-4-6-15/h7-8,17H,4-6,9-10,16H2,1-3H3. The van der Waals surface area contributed by atoms with Crippen LogP contribution in [-0.4, -0.2) is 27.3 Å². The highest BCUT2D eigenvalue weighted by atomic mass is 16.5. The van der Waals surface area contributed by atoms with Gasteiger partial charge in [-0.3, -0.25) is 0 Å². The number of nitrogens with two attached hydrogens (primary N) is 1. The van der Waals surface area contributed by atoms with Gasteiger partial charge in [0.25, 0.3) is 0 Å². The Hall–Kier alpha value is -1.42. The van der Waals surface area contributed by atoms with E-state index in [0.29, 0.717) is 0 Å². The summed E-state index contributed by atoms with van der Waals surface area (Å²) in [6.07, 6.45) is 3.71. The minimum absolute atomic E-state index is 0.267. The highest BCUT2D eigenvalue weighted by Gasteiger charge is 2.35. The van der Waals surface area contributed by atoms with Crippen molar-refractivity contribution in [3.8, 4) is 11.5 Å². The zero-order valence-corrected chi connectivity index (χ0v) is 12.1. The molecule has 0 bridgehead atoms. The molecule has 0 aromatic heterocycles. The van der Waals surface area contributed by atoms with Crippen molar-refractivity contribution >= 4 is 5.69 Å². The van der Waals surface area contributed by atoms with Gasteiger partial charge >= 0.3 is 0 Å². The smallest absolute Gasteiger partial charge is 0.142 e. The van der Waals surface area contributed by atoms with Gasteiger partial charge in [-0.2, -0.15) is 0 Å². The number of ether oxygens (including phenoxy) is 2. The van der Waals surface area contributed by atoms with E-state index in [-0.39, 0.29) is 5.41 Å². The van der Waals surface area contributed by atoms with Gasteiger partial charge in [0.2, 0.25) is 0 Å². The third-order valence-electron chi connectivity index (χ3n) is 4.22. The Kier molecular flexibility index (Phi) is 4.20. The van der Waals surface area contributed by atoms with Crippen molar-refractivity contribution in [2.75, 3.05) is 32.6 Å². The van der Waals surface area contributed by atoms with E-state index >= 15 is 0 Å². The molecule has 0 aliphatic heterocycles. The first-order valence-electron chi connectivity index (χ1n) is 6.81. The van der Waals surface area contributed by atoms with Crippen LogP contribution >= 0.6 is 0 Å². The fourth-order valence-corrected chi connectivity index (χ4v) is 2.60. The third kappa shape index (κ3) is 2.78. The van der Waals surface area contributed by atoms with Crippen LogP contribution in [0.5, 0.6) is 11.5 Å². The fourth-order valence-electron chi connectivity index (χ4n) is 2.60. The number of nitrogens with one attached hydrogen (secondary N) is 1. The Labute approximate surface area is 115 Å². The fraction of sp³-hybridized carbons (Fsp3) is 0.600. The van der Waals surface area contributed by atoms with Crippen LogP contribution in [0.15, 0.2) is 12.1 Å². The molecule has 0 heterocycles. The number of rotatable bonds is 6. The van der Waals surface area contributed by atoms with Gasteiger partial charge < -0.3 is 20.5 Å². The number of methoxy groups -OCH3 is 2. The van der Waals surface area contributed by atoms with E-state index in [1.807, 2.05) is 19.1 Å². The lowest BCUT2D eigenvalue weighted by Gasteiger charge is -2.41. The maximum Gasteiger partial charge on any atom is 0.142 e. The molecule has 2 rings (SSSR count). The summed E-state index contributed by atoms with van der Waals surface area (Å²) in [7, 11) is 3.38. The lowest BCUT2D eigenvalue weighted by molar-refractivity contribution is 0.163. The summed E-state index contributed by atoms with van der Waals surface area (Å²) in [5, 5.41) is 3.47. The van der Waals surface area contributed by atoms with Gasteiger partial charge in [0.1, 0.15) is 11.5 Å². The molecule has 1 fully saturated rings. The van der Waals surface area contributed by atoms with Crippen LogP contribution in [0.1, 0.15) is 24.8 Å². The largest absolute Gasteiger partial charge is 0.496 e. The molecule has 4 nitrogen and oxygen atoms in total. The molecule has 0 amide bonds. The van der Waals surface area contributed by atoms with E-state index in [1.54, 1.807) is 14.2 Å². The SMILES string of the molecule is COc1cc(NCC2(CN)CCC2)c(OC)cc1C. The van der Waals surface area contributed by atoms with Crippen molar-refractivity contribution in [1.29, 1.82) is 0 Å². The van der Waals surface area contributed by atoms with E-state index < -0.39 is 0 Å². The summed E-state index contributed by atoms with van der Waals surface area (Å²) in [4.78, 5) is 0. The Morgan fingerprint density at radius 2 is 1.89 bits per heavy atom. The van der Waals surface area contributed by atoms with Crippen LogP contribution in [0.25, 0.3) is 0 Å². The van der Waals surface area contributed by atoms with Crippen molar-refractivity contribution in [1.82, 2.24) is 0 Å². The molecule has 1 aromatic rings. The van der Waals surface area contributed by atoms with Gasteiger partial charge in [0.05, 0.1) is 19.9 Å². The highest BCUT2D eigenvalue weighted by Crippen LogP contribution is 2.41. The summed E-state index contributed by atoms with van der Waals surface area (Å²) in [6.45, 7) is 3.65. The molecule has 19 heavy (non-hydrogen) atoms. The molecule has 0 unspecified atom stereocenters. The maximum absolute atomic E-state index is 5.89. The van der Waals surface area contributed by atoms with Crippen LogP contribution in [-0.2, 0) is 0 Å². The van der Waals surface area contributed by atoms with Crippen molar-refractivity contribution < 1.29 is 9.47 Å². The first-order valence-corrected chi connectivity index (χ1v) is 6.81. The minimum atomic E-state index is 0.267. The summed E-state index contributed by atoms with van der Waals surface area (Å²) in [5.41, 5.74) is 8.20. The van der Waals surface area contributed by atoms with Crippen molar-refractivity contribution in [3.05, 3.63) is 17.7 Å². The van der Waals surface area contributed by atoms with Crippen LogP contribution in [0.4, 0.5) is 5.69 Å². The maximum atomic E-state index is 5.89. The topological polar surface area (TPSA) is 56.5 Å². The van der Waals surface area contributed by atoms with Gasteiger partial charge in [-0.05, 0) is 43.4 Å². The van der Waals surface area contributed by atoms with Crippen LogP contribution in [0.3, 0.4) is 0 Å². The monoisotopic (exact) mass is 264 g/mol. The normalized spacial score (nSPS) is 16.6. The molecule has 0 atom stereocenters. The van der Waals surface area contributed by atoms with Gasteiger partial charge in [-0.15, -0.1) is 0 Å². The molecule has 0 saturated heterocycles. The Balaban J connectivity index is 2.14. The number of aryl methyl sites for hydroxylation is 1. The van der Waals surface area contributed by atoms with E-state index in [4.69, 9.17) is 15.2 Å². The summed E-state index contributed by atoms with van der Waals surface area (Å²) >= 11 is 0. The lowest BCUT2D eigenvalue weighted by Crippen LogP contribution is -2.43. The van der Waals surface area contributed by atoms with Crippen LogP contribution in [0.2, 0.25) is 0 Å². The van der Waals surface area contributed by atoms with Crippen LogP contribution < -0.4 is 20.5 Å². The van der Waals surface area contributed by atoms with E-state index in [9.17, 15) is 0 Å². The second-order valence-corrected chi connectivity index (χ2v) is 5.43.